The van der Waals surface area contributed by atoms with Gasteiger partial charge >= 0.3 is 0 Å². The Hall–Kier alpha value is -3.49. The van der Waals surface area contributed by atoms with E-state index in [1.807, 2.05) is 6.92 Å². The maximum absolute atomic E-state index is 12.8. The van der Waals surface area contributed by atoms with E-state index in [1.165, 1.54) is 18.2 Å². The minimum Gasteiger partial charge on any atom is -0.381 e. The number of aromatic amines is 1. The second-order valence-electron chi connectivity index (χ2n) is 7.81. The molecule has 2 aromatic heterocycles. The molecule has 0 fully saturated rings. The third-order valence-electron chi connectivity index (χ3n) is 5.49. The lowest BCUT2D eigenvalue weighted by Crippen LogP contribution is -2.26. The molecule has 0 atom stereocenters. The summed E-state index contributed by atoms with van der Waals surface area (Å²) in [6.07, 6.45) is 6.66. The van der Waals surface area contributed by atoms with Crippen LogP contribution < -0.4 is 10.6 Å². The van der Waals surface area contributed by atoms with Crippen molar-refractivity contribution < 1.29 is 9.72 Å². The highest BCUT2D eigenvalue weighted by Crippen LogP contribution is 2.30. The van der Waals surface area contributed by atoms with Crippen molar-refractivity contribution in [1.29, 1.82) is 0 Å². The highest BCUT2D eigenvalue weighted by Gasteiger charge is 2.19. The smallest absolute Gasteiger partial charge is 0.270 e. The molecule has 0 bridgehead atoms. The van der Waals surface area contributed by atoms with Crippen molar-refractivity contribution in [2.75, 3.05) is 5.32 Å². The molecule has 9 nitrogen and oxygen atoms in total. The van der Waals surface area contributed by atoms with Crippen LogP contribution in [0.25, 0.3) is 11.0 Å². The Balaban J connectivity index is 1.93. The average Bonchev–Trinajstić information content (AvgIpc) is 3.26. The molecule has 170 valence electrons. The molecule has 2 heterocycles. The number of aryl methyl sites for hydroxylation is 1. The van der Waals surface area contributed by atoms with Crippen molar-refractivity contribution in [3.63, 3.8) is 0 Å². The summed E-state index contributed by atoms with van der Waals surface area (Å²) in [7, 11) is 0. The van der Waals surface area contributed by atoms with Gasteiger partial charge in [0, 0.05) is 41.5 Å². The summed E-state index contributed by atoms with van der Waals surface area (Å²) in [5.41, 5.74) is 3.57. The predicted molar refractivity (Wildman–Crippen MR) is 125 cm³/mol. The molecule has 0 spiro atoms. The molecule has 32 heavy (non-hydrogen) atoms. The molecule has 1 amide bonds. The summed E-state index contributed by atoms with van der Waals surface area (Å²) < 4.78 is 0. The van der Waals surface area contributed by atoms with Crippen LogP contribution in [0.4, 0.5) is 11.4 Å². The first-order chi connectivity index (χ1) is 15.5. The highest BCUT2D eigenvalue weighted by atomic mass is 16.6. The van der Waals surface area contributed by atoms with E-state index in [-0.39, 0.29) is 23.7 Å². The molecule has 0 unspecified atom stereocenters. The molecule has 1 aromatic carbocycles. The zero-order valence-electron chi connectivity index (χ0n) is 18.8. The Bertz CT molecular complexity index is 1090. The zero-order valence-corrected chi connectivity index (χ0v) is 18.8. The fourth-order valence-corrected chi connectivity index (χ4v) is 3.93. The van der Waals surface area contributed by atoms with E-state index in [9.17, 15) is 14.9 Å². The number of carbonyl (C=O) groups excluding carboxylic acids is 1. The molecule has 9 heteroatoms. The molecule has 0 saturated carbocycles. The van der Waals surface area contributed by atoms with Crippen LogP contribution in [0.5, 0.6) is 0 Å². The van der Waals surface area contributed by atoms with Crippen molar-refractivity contribution in [3.8, 4) is 0 Å². The van der Waals surface area contributed by atoms with Crippen molar-refractivity contribution in [2.45, 2.75) is 65.5 Å². The summed E-state index contributed by atoms with van der Waals surface area (Å²) >= 11 is 0. The maximum atomic E-state index is 12.8. The van der Waals surface area contributed by atoms with Crippen molar-refractivity contribution in [1.82, 2.24) is 20.5 Å². The van der Waals surface area contributed by atoms with Gasteiger partial charge in [0.1, 0.15) is 0 Å². The number of benzene rings is 1. The second kappa shape index (κ2) is 10.7. The maximum Gasteiger partial charge on any atom is 0.270 e. The number of aromatic nitrogens is 3. The van der Waals surface area contributed by atoms with E-state index in [0.29, 0.717) is 18.1 Å². The Kier molecular flexibility index (Phi) is 7.75. The fraction of sp³-hybridized carbons (Fsp3) is 0.435. The van der Waals surface area contributed by atoms with Gasteiger partial charge in [0.15, 0.2) is 5.65 Å². The number of hydrogen-bond acceptors (Lipinski definition) is 6. The van der Waals surface area contributed by atoms with Gasteiger partial charge in [-0.1, -0.05) is 39.7 Å². The second-order valence-corrected chi connectivity index (χ2v) is 7.81. The van der Waals surface area contributed by atoms with Gasteiger partial charge in [-0.3, -0.25) is 20.0 Å². The molecule has 0 saturated heterocycles. The summed E-state index contributed by atoms with van der Waals surface area (Å²) in [4.78, 5) is 28.0. The highest BCUT2D eigenvalue weighted by molar-refractivity contribution is 5.95. The lowest BCUT2D eigenvalue weighted by molar-refractivity contribution is -0.384. The first-order valence-electron chi connectivity index (χ1n) is 11.1. The number of carbonyl (C=O) groups is 1. The van der Waals surface area contributed by atoms with Crippen LogP contribution >= 0.6 is 0 Å². The van der Waals surface area contributed by atoms with Crippen molar-refractivity contribution in [3.05, 3.63) is 57.4 Å². The lowest BCUT2D eigenvalue weighted by Gasteiger charge is -2.23. The summed E-state index contributed by atoms with van der Waals surface area (Å²) in [6.45, 7) is 6.62. The zero-order chi connectivity index (χ0) is 23.1. The Morgan fingerprint density at radius 1 is 1.22 bits per heavy atom. The Morgan fingerprint density at radius 3 is 2.62 bits per heavy atom. The van der Waals surface area contributed by atoms with Gasteiger partial charge in [0.25, 0.3) is 11.6 Å². The molecule has 3 aromatic rings. The number of nitro groups is 1. The molecule has 0 aliphatic rings. The number of nitro benzene ring substituents is 1. The van der Waals surface area contributed by atoms with E-state index < -0.39 is 4.92 Å². The molecule has 3 N–H and O–H groups in total. The van der Waals surface area contributed by atoms with Gasteiger partial charge < -0.3 is 10.6 Å². The number of nitrogens with one attached hydrogen (secondary N) is 3. The Morgan fingerprint density at radius 2 is 1.97 bits per heavy atom. The minimum atomic E-state index is -0.508. The molecule has 0 aliphatic heterocycles. The van der Waals surface area contributed by atoms with E-state index in [1.54, 1.807) is 12.3 Å². The normalized spacial score (nSPS) is 11.1. The van der Waals surface area contributed by atoms with Crippen LogP contribution in [-0.2, 0) is 13.0 Å². The van der Waals surface area contributed by atoms with Crippen molar-refractivity contribution in [2.24, 2.45) is 0 Å². The van der Waals surface area contributed by atoms with Crippen LogP contribution in [0.15, 0.2) is 30.5 Å². The first-order valence-corrected chi connectivity index (χ1v) is 11.1. The average molecular weight is 439 g/mol. The monoisotopic (exact) mass is 438 g/mol. The van der Waals surface area contributed by atoms with Crippen LogP contribution in [0.2, 0.25) is 0 Å². The third-order valence-corrected chi connectivity index (χ3v) is 5.49. The fourth-order valence-electron chi connectivity index (χ4n) is 3.93. The van der Waals surface area contributed by atoms with E-state index in [4.69, 9.17) is 4.98 Å². The number of H-pyrrole nitrogens is 1. The van der Waals surface area contributed by atoms with Crippen LogP contribution in [0.1, 0.15) is 68.1 Å². The number of hydrogen-bond donors (Lipinski definition) is 3. The van der Waals surface area contributed by atoms with Gasteiger partial charge in [-0.15, -0.1) is 0 Å². The predicted octanol–water partition coefficient (Wildman–Crippen LogP) is 4.74. The van der Waals surface area contributed by atoms with E-state index >= 15 is 0 Å². The lowest BCUT2D eigenvalue weighted by atomic mass is 10.0. The van der Waals surface area contributed by atoms with Gasteiger partial charge in [-0.2, -0.15) is 5.10 Å². The van der Waals surface area contributed by atoms with Gasteiger partial charge in [0.05, 0.1) is 22.2 Å². The number of pyridine rings is 1. The number of amides is 1. The van der Waals surface area contributed by atoms with Gasteiger partial charge in [-0.05, 0) is 25.3 Å². The minimum absolute atomic E-state index is 0.113. The number of anilines is 1. The number of non-ortho nitro benzene ring substituents is 1. The summed E-state index contributed by atoms with van der Waals surface area (Å²) in [6, 6.07) is 6.04. The van der Waals surface area contributed by atoms with Gasteiger partial charge in [-0.25, -0.2) is 4.98 Å². The third kappa shape index (κ3) is 5.22. The van der Waals surface area contributed by atoms with Crippen LogP contribution in [-0.4, -0.2) is 32.1 Å². The van der Waals surface area contributed by atoms with Gasteiger partial charge in [0.2, 0.25) is 0 Å². The molecular formula is C23H30N6O3. The number of rotatable bonds is 11. The van der Waals surface area contributed by atoms with Crippen LogP contribution in [0, 0.1) is 10.1 Å². The van der Waals surface area contributed by atoms with E-state index in [2.05, 4.69) is 34.7 Å². The Labute approximate surface area is 187 Å². The quantitative estimate of drug-likeness (QED) is 0.293. The van der Waals surface area contributed by atoms with Crippen LogP contribution in [0.3, 0.4) is 0 Å². The summed E-state index contributed by atoms with van der Waals surface area (Å²) in [5, 5.41) is 25.7. The number of fused-ring (bicyclic) bond motifs is 1. The first kappa shape index (κ1) is 23.2. The largest absolute Gasteiger partial charge is 0.381 e. The SMILES string of the molecule is CCCC(CCC)Nc1c(CNC(=O)c2cccc([N+](=O)[O-])c2)c(CC)nc2[nH]ncc12. The molecule has 0 radical (unpaired) electrons. The van der Waals surface area contributed by atoms with E-state index in [0.717, 1.165) is 48.0 Å². The molecule has 0 aliphatic carbocycles. The standard InChI is InChI=1S/C23H30N6O3/c1-4-8-16(9-5-2)26-21-18(20(6-3)27-22-19(21)14-25-28-22)13-24-23(30)15-10-7-11-17(12-15)29(31)32/h7,10-12,14,16H,4-6,8-9,13H2,1-3H3,(H,24,30)(H2,25,26,27,28). The summed E-state index contributed by atoms with van der Waals surface area (Å²) in [5.74, 6) is -0.368. The number of nitrogens with zero attached hydrogens (tertiary/aromatic N) is 3. The topological polar surface area (TPSA) is 126 Å². The van der Waals surface area contributed by atoms with Crippen molar-refractivity contribution >= 4 is 28.3 Å². The molecular weight excluding hydrogens is 408 g/mol. The molecule has 3 rings (SSSR count).